The van der Waals surface area contributed by atoms with E-state index in [0.717, 1.165) is 45.9 Å². The number of unbranched alkanes of at least 4 members (excludes halogenated alkanes) is 1. The van der Waals surface area contributed by atoms with Crippen LogP contribution in [0.3, 0.4) is 0 Å². The molecule has 0 aliphatic carbocycles. The van der Waals surface area contributed by atoms with Crippen molar-refractivity contribution in [1.29, 1.82) is 0 Å². The van der Waals surface area contributed by atoms with Crippen LogP contribution in [0.4, 0.5) is 0 Å². The van der Waals surface area contributed by atoms with Crippen molar-refractivity contribution in [3.05, 3.63) is 0 Å². The van der Waals surface area contributed by atoms with Crippen molar-refractivity contribution in [3.63, 3.8) is 0 Å². The Balaban J connectivity index is 2.37. The van der Waals surface area contributed by atoms with Gasteiger partial charge in [-0.3, -0.25) is 9.80 Å². The molecule has 0 bridgehead atoms. The Bertz CT molecular complexity index is 211. The van der Waals surface area contributed by atoms with Gasteiger partial charge in [0.25, 0.3) is 0 Å². The summed E-state index contributed by atoms with van der Waals surface area (Å²) in [6.07, 6.45) is 2.84. The molecule has 0 aromatic rings. The summed E-state index contributed by atoms with van der Waals surface area (Å²) in [6, 6.07) is 0.620. The molecule has 0 amide bonds. The second kappa shape index (κ2) is 8.86. The number of ether oxygens (including phenoxy) is 1. The highest BCUT2D eigenvalue weighted by Crippen LogP contribution is 2.10. The molecule has 1 aliphatic rings. The van der Waals surface area contributed by atoms with E-state index in [4.69, 9.17) is 10.5 Å². The van der Waals surface area contributed by atoms with Gasteiger partial charge >= 0.3 is 0 Å². The smallest absolute Gasteiger partial charge is 0.0829 e. The lowest BCUT2D eigenvalue weighted by Crippen LogP contribution is -2.50. The van der Waals surface area contributed by atoms with Crippen molar-refractivity contribution < 1.29 is 4.74 Å². The maximum Gasteiger partial charge on any atom is 0.0829 e. The standard InChI is InChI=1S/C14H31N3O/c1-4-5-7-16(8-6-15)11-14-12-17(13(2)3)9-10-18-14/h13-14H,4-12,15H2,1-3H3. The Kier molecular flexibility index (Phi) is 7.82. The number of hydrogen-bond acceptors (Lipinski definition) is 4. The molecule has 4 heteroatoms. The van der Waals surface area contributed by atoms with Crippen molar-refractivity contribution in [1.82, 2.24) is 9.80 Å². The molecule has 1 heterocycles. The van der Waals surface area contributed by atoms with Gasteiger partial charge in [0.1, 0.15) is 0 Å². The second-order valence-corrected chi connectivity index (χ2v) is 5.52. The minimum absolute atomic E-state index is 0.351. The fourth-order valence-electron chi connectivity index (χ4n) is 2.47. The molecule has 18 heavy (non-hydrogen) atoms. The van der Waals surface area contributed by atoms with E-state index in [2.05, 4.69) is 30.6 Å². The van der Waals surface area contributed by atoms with Crippen molar-refractivity contribution in [2.45, 2.75) is 45.8 Å². The van der Waals surface area contributed by atoms with E-state index in [0.29, 0.717) is 12.1 Å². The third kappa shape index (κ3) is 5.65. The molecule has 0 spiro atoms. The molecule has 1 atom stereocenters. The third-order valence-electron chi connectivity index (χ3n) is 3.64. The number of nitrogens with two attached hydrogens (primary N) is 1. The molecule has 1 aliphatic heterocycles. The molecule has 0 radical (unpaired) electrons. The van der Waals surface area contributed by atoms with Gasteiger partial charge in [0.2, 0.25) is 0 Å². The minimum atomic E-state index is 0.351. The second-order valence-electron chi connectivity index (χ2n) is 5.52. The maximum atomic E-state index is 5.89. The van der Waals surface area contributed by atoms with E-state index >= 15 is 0 Å². The van der Waals surface area contributed by atoms with E-state index in [1.807, 2.05) is 0 Å². The Hall–Kier alpha value is -0.160. The van der Waals surface area contributed by atoms with Crippen molar-refractivity contribution in [2.24, 2.45) is 5.73 Å². The fourth-order valence-corrected chi connectivity index (χ4v) is 2.47. The van der Waals surface area contributed by atoms with Crippen molar-refractivity contribution in [2.75, 3.05) is 45.9 Å². The number of morpholine rings is 1. The first-order valence-electron chi connectivity index (χ1n) is 7.45. The molecule has 1 fully saturated rings. The van der Waals surface area contributed by atoms with E-state index in [9.17, 15) is 0 Å². The van der Waals surface area contributed by atoms with E-state index < -0.39 is 0 Å². The van der Waals surface area contributed by atoms with Crippen LogP contribution in [0, 0.1) is 0 Å². The molecule has 2 N–H and O–H groups in total. The van der Waals surface area contributed by atoms with Gasteiger partial charge in [-0.2, -0.15) is 0 Å². The summed E-state index contributed by atoms with van der Waals surface area (Å²) in [5.74, 6) is 0. The Morgan fingerprint density at radius 1 is 1.39 bits per heavy atom. The first-order valence-corrected chi connectivity index (χ1v) is 7.45. The molecular formula is C14H31N3O. The highest BCUT2D eigenvalue weighted by molar-refractivity contribution is 4.77. The zero-order chi connectivity index (χ0) is 13.4. The van der Waals surface area contributed by atoms with Crippen LogP contribution in [-0.4, -0.2) is 67.8 Å². The molecular weight excluding hydrogens is 226 g/mol. The van der Waals surface area contributed by atoms with Gasteiger partial charge in [-0.15, -0.1) is 0 Å². The first kappa shape index (κ1) is 15.9. The summed E-state index contributed by atoms with van der Waals surface area (Å²) in [4.78, 5) is 4.96. The molecule has 0 aromatic carbocycles. The molecule has 1 saturated heterocycles. The average molecular weight is 257 g/mol. The van der Waals surface area contributed by atoms with E-state index in [1.54, 1.807) is 0 Å². The number of rotatable bonds is 8. The molecule has 1 rings (SSSR count). The third-order valence-corrected chi connectivity index (χ3v) is 3.64. The van der Waals surface area contributed by atoms with Crippen molar-refractivity contribution >= 4 is 0 Å². The zero-order valence-electron chi connectivity index (χ0n) is 12.4. The van der Waals surface area contributed by atoms with Crippen LogP contribution in [0.15, 0.2) is 0 Å². The fraction of sp³-hybridized carbons (Fsp3) is 1.00. The van der Waals surface area contributed by atoms with Crippen LogP contribution in [0.25, 0.3) is 0 Å². The van der Waals surface area contributed by atoms with E-state index in [-0.39, 0.29) is 0 Å². The maximum absolute atomic E-state index is 5.89. The molecule has 4 nitrogen and oxygen atoms in total. The quantitative estimate of drug-likeness (QED) is 0.708. The lowest BCUT2D eigenvalue weighted by Gasteiger charge is -2.37. The van der Waals surface area contributed by atoms with Crippen LogP contribution in [0.1, 0.15) is 33.6 Å². The minimum Gasteiger partial charge on any atom is -0.374 e. The van der Waals surface area contributed by atoms with Crippen LogP contribution in [0.5, 0.6) is 0 Å². The van der Waals surface area contributed by atoms with Gasteiger partial charge in [0.15, 0.2) is 0 Å². The van der Waals surface area contributed by atoms with Gasteiger partial charge in [-0.1, -0.05) is 13.3 Å². The van der Waals surface area contributed by atoms with Gasteiger partial charge in [-0.25, -0.2) is 0 Å². The van der Waals surface area contributed by atoms with Gasteiger partial charge in [0, 0.05) is 38.8 Å². The van der Waals surface area contributed by atoms with Crippen molar-refractivity contribution in [3.8, 4) is 0 Å². The Morgan fingerprint density at radius 2 is 2.17 bits per heavy atom. The number of nitrogens with zero attached hydrogens (tertiary/aromatic N) is 2. The van der Waals surface area contributed by atoms with Crippen LogP contribution in [0.2, 0.25) is 0 Å². The summed E-state index contributed by atoms with van der Waals surface area (Å²) >= 11 is 0. The SMILES string of the molecule is CCCCN(CCN)CC1CN(C(C)C)CCO1. The average Bonchev–Trinajstić information content (AvgIpc) is 2.36. The van der Waals surface area contributed by atoms with Crippen LogP contribution >= 0.6 is 0 Å². The normalized spacial score (nSPS) is 22.0. The predicted octanol–water partition coefficient (Wildman–Crippen LogP) is 1.16. The molecule has 108 valence electrons. The summed E-state index contributed by atoms with van der Waals surface area (Å²) < 4.78 is 5.89. The summed E-state index contributed by atoms with van der Waals surface area (Å²) in [5.41, 5.74) is 5.69. The highest BCUT2D eigenvalue weighted by Gasteiger charge is 2.23. The Labute approximate surface area is 112 Å². The number of hydrogen-bond donors (Lipinski definition) is 1. The first-order chi connectivity index (χ1) is 8.67. The van der Waals surface area contributed by atoms with E-state index in [1.165, 1.54) is 12.8 Å². The van der Waals surface area contributed by atoms with Crippen LogP contribution in [-0.2, 0) is 4.74 Å². The van der Waals surface area contributed by atoms with Gasteiger partial charge in [0.05, 0.1) is 12.7 Å². The summed E-state index contributed by atoms with van der Waals surface area (Å²) in [7, 11) is 0. The summed E-state index contributed by atoms with van der Waals surface area (Å²) in [6.45, 7) is 13.7. The molecule has 1 unspecified atom stereocenters. The lowest BCUT2D eigenvalue weighted by atomic mass is 10.2. The molecule has 0 aromatic heterocycles. The summed E-state index contributed by atoms with van der Waals surface area (Å²) in [5, 5.41) is 0. The van der Waals surface area contributed by atoms with Gasteiger partial charge in [-0.05, 0) is 26.8 Å². The Morgan fingerprint density at radius 3 is 2.78 bits per heavy atom. The van der Waals surface area contributed by atoms with Gasteiger partial charge < -0.3 is 10.5 Å². The highest BCUT2D eigenvalue weighted by atomic mass is 16.5. The molecule has 0 saturated carbocycles. The monoisotopic (exact) mass is 257 g/mol. The van der Waals surface area contributed by atoms with Crippen LogP contribution < -0.4 is 5.73 Å². The lowest BCUT2D eigenvalue weighted by molar-refractivity contribution is -0.0519. The predicted molar refractivity (Wildman–Crippen MR) is 76.9 cm³/mol. The largest absolute Gasteiger partial charge is 0.374 e. The topological polar surface area (TPSA) is 41.7 Å². The zero-order valence-corrected chi connectivity index (χ0v) is 12.4.